The molecule has 0 radical (unpaired) electrons. The summed E-state index contributed by atoms with van der Waals surface area (Å²) < 4.78 is 25.0. The molecule has 206 valence electrons. The van der Waals surface area contributed by atoms with E-state index in [9.17, 15) is 14.0 Å². The number of nitrogens with zero attached hydrogens (tertiary/aromatic N) is 2. The third-order valence-electron chi connectivity index (χ3n) is 7.25. The number of hydrogen-bond acceptors (Lipinski definition) is 5. The van der Waals surface area contributed by atoms with Crippen LogP contribution in [0, 0.1) is 11.7 Å². The Morgan fingerprint density at radius 1 is 1.03 bits per heavy atom. The van der Waals surface area contributed by atoms with E-state index in [4.69, 9.17) is 9.47 Å². The first kappa shape index (κ1) is 27.9. The normalized spacial score (nSPS) is 18.1. The molecule has 1 aromatic carbocycles. The van der Waals surface area contributed by atoms with Crippen molar-refractivity contribution in [1.29, 1.82) is 0 Å². The summed E-state index contributed by atoms with van der Waals surface area (Å²) in [6, 6.07) is 9.12. The van der Waals surface area contributed by atoms with E-state index in [2.05, 4.69) is 10.3 Å². The van der Waals surface area contributed by atoms with Gasteiger partial charge in [-0.25, -0.2) is 14.2 Å². The molecule has 2 heterocycles. The molecule has 1 aromatic heterocycles. The lowest BCUT2D eigenvalue weighted by Crippen LogP contribution is -2.42. The highest BCUT2D eigenvalue weighted by atomic mass is 19.1. The van der Waals surface area contributed by atoms with E-state index in [1.54, 1.807) is 11.1 Å². The van der Waals surface area contributed by atoms with Crippen LogP contribution in [0.4, 0.5) is 9.18 Å². The van der Waals surface area contributed by atoms with Crippen LogP contribution in [-0.4, -0.2) is 46.7 Å². The molecule has 1 saturated heterocycles. The minimum absolute atomic E-state index is 0.214. The third kappa shape index (κ3) is 8.17. The summed E-state index contributed by atoms with van der Waals surface area (Å²) in [5.41, 5.74) is 0.774. The van der Waals surface area contributed by atoms with Crippen molar-refractivity contribution in [3.8, 4) is 5.88 Å². The molecule has 1 unspecified atom stereocenters. The first-order valence-corrected chi connectivity index (χ1v) is 13.8. The molecule has 2 amide bonds. The standard InChI is InChI=1S/C30H40FN3O4/c1-30(2,3)38-29(36)34-17-15-21(16-18-34)19-26(33-28(35)22-9-12-24(31)13-10-22)23-11-14-27(32-20-23)37-25-7-5-4-6-8-25/h9-14,20-21,25-26H,4-8,15-19H2,1-3H3,(H,33,35). The van der Waals surface area contributed by atoms with Crippen LogP contribution in [0.5, 0.6) is 5.88 Å². The van der Waals surface area contributed by atoms with E-state index < -0.39 is 5.60 Å². The van der Waals surface area contributed by atoms with Gasteiger partial charge in [0.15, 0.2) is 0 Å². The van der Waals surface area contributed by atoms with E-state index in [0.29, 0.717) is 36.9 Å². The number of benzene rings is 1. The van der Waals surface area contributed by atoms with Gasteiger partial charge in [0.1, 0.15) is 17.5 Å². The maximum atomic E-state index is 13.4. The van der Waals surface area contributed by atoms with Crippen LogP contribution in [0.1, 0.15) is 94.1 Å². The predicted octanol–water partition coefficient (Wildman–Crippen LogP) is 6.44. The first-order valence-electron chi connectivity index (χ1n) is 13.8. The molecule has 8 heteroatoms. The topological polar surface area (TPSA) is 80.8 Å². The molecule has 1 N–H and O–H groups in total. The zero-order valence-corrected chi connectivity index (χ0v) is 22.7. The van der Waals surface area contributed by atoms with Gasteiger partial charge in [0.2, 0.25) is 5.88 Å². The highest BCUT2D eigenvalue weighted by Gasteiger charge is 2.29. The lowest BCUT2D eigenvalue weighted by molar-refractivity contribution is 0.0178. The molecular weight excluding hydrogens is 485 g/mol. The molecule has 7 nitrogen and oxygen atoms in total. The number of aromatic nitrogens is 1. The maximum Gasteiger partial charge on any atom is 0.410 e. The van der Waals surface area contributed by atoms with Crippen LogP contribution in [-0.2, 0) is 4.74 Å². The van der Waals surface area contributed by atoms with Gasteiger partial charge in [-0.2, -0.15) is 0 Å². The van der Waals surface area contributed by atoms with E-state index in [-0.39, 0.29) is 30.0 Å². The number of piperidine rings is 1. The highest BCUT2D eigenvalue weighted by Crippen LogP contribution is 2.30. The summed E-state index contributed by atoms with van der Waals surface area (Å²) in [4.78, 5) is 31.8. The summed E-state index contributed by atoms with van der Waals surface area (Å²) in [5.74, 6) is 0.275. The number of carbonyl (C=O) groups excluding carboxylic acids is 2. The predicted molar refractivity (Wildman–Crippen MR) is 143 cm³/mol. The molecule has 0 spiro atoms. The molecule has 4 rings (SSSR count). The van der Waals surface area contributed by atoms with Gasteiger partial charge < -0.3 is 19.7 Å². The lowest BCUT2D eigenvalue weighted by atomic mass is 9.88. The van der Waals surface area contributed by atoms with E-state index in [0.717, 1.165) is 31.2 Å². The van der Waals surface area contributed by atoms with Gasteiger partial charge in [-0.3, -0.25) is 4.79 Å². The Morgan fingerprint density at radius 3 is 2.32 bits per heavy atom. The minimum atomic E-state index is -0.524. The van der Waals surface area contributed by atoms with Crippen molar-refractivity contribution in [2.24, 2.45) is 5.92 Å². The molecule has 0 bridgehead atoms. The summed E-state index contributed by atoms with van der Waals surface area (Å²) in [7, 11) is 0. The van der Waals surface area contributed by atoms with Crippen LogP contribution >= 0.6 is 0 Å². The van der Waals surface area contributed by atoms with Crippen molar-refractivity contribution in [2.45, 2.75) is 89.9 Å². The van der Waals surface area contributed by atoms with Gasteiger partial charge in [0.25, 0.3) is 5.91 Å². The van der Waals surface area contributed by atoms with Gasteiger partial charge in [-0.05, 0) is 101 Å². The number of carbonyl (C=O) groups is 2. The number of hydrogen-bond donors (Lipinski definition) is 1. The summed E-state index contributed by atoms with van der Waals surface area (Å²) >= 11 is 0. The Kier molecular flexibility index (Phi) is 9.23. The van der Waals surface area contributed by atoms with Crippen molar-refractivity contribution < 1.29 is 23.5 Å². The largest absolute Gasteiger partial charge is 0.474 e. The second-order valence-corrected chi connectivity index (χ2v) is 11.5. The fraction of sp³-hybridized carbons (Fsp3) is 0.567. The lowest BCUT2D eigenvalue weighted by Gasteiger charge is -2.35. The number of pyridine rings is 1. The molecule has 2 fully saturated rings. The maximum absolute atomic E-state index is 13.4. The Bertz CT molecular complexity index is 1050. The van der Waals surface area contributed by atoms with Crippen molar-refractivity contribution in [1.82, 2.24) is 15.2 Å². The Hall–Kier alpha value is -3.16. The number of amides is 2. The van der Waals surface area contributed by atoms with Crippen LogP contribution in [0.2, 0.25) is 0 Å². The zero-order valence-electron chi connectivity index (χ0n) is 22.7. The highest BCUT2D eigenvalue weighted by molar-refractivity contribution is 5.94. The monoisotopic (exact) mass is 525 g/mol. The summed E-state index contributed by atoms with van der Waals surface area (Å²) in [5, 5.41) is 3.13. The van der Waals surface area contributed by atoms with E-state index in [1.807, 2.05) is 32.9 Å². The summed E-state index contributed by atoms with van der Waals surface area (Å²) in [6.07, 6.45) is 9.81. The fourth-order valence-corrected chi connectivity index (χ4v) is 5.15. The van der Waals surface area contributed by atoms with Gasteiger partial charge in [0.05, 0.1) is 6.04 Å². The quantitative estimate of drug-likeness (QED) is 0.450. The van der Waals surface area contributed by atoms with Gasteiger partial charge in [0, 0.05) is 30.9 Å². The third-order valence-corrected chi connectivity index (χ3v) is 7.25. The van der Waals surface area contributed by atoms with Crippen LogP contribution < -0.4 is 10.1 Å². The number of likely N-dealkylation sites (tertiary alicyclic amines) is 1. The number of nitrogens with one attached hydrogen (secondary N) is 1. The van der Waals surface area contributed by atoms with Crippen LogP contribution in [0.15, 0.2) is 42.6 Å². The van der Waals surface area contributed by atoms with Crippen molar-refractivity contribution >= 4 is 12.0 Å². The van der Waals surface area contributed by atoms with Crippen molar-refractivity contribution in [2.75, 3.05) is 13.1 Å². The number of halogens is 1. The van der Waals surface area contributed by atoms with Gasteiger partial charge in [-0.15, -0.1) is 0 Å². The average molecular weight is 526 g/mol. The van der Waals surface area contributed by atoms with Crippen LogP contribution in [0.3, 0.4) is 0 Å². The van der Waals surface area contributed by atoms with E-state index in [1.165, 1.54) is 43.5 Å². The number of rotatable bonds is 7. The Labute approximate surface area is 225 Å². The summed E-state index contributed by atoms with van der Waals surface area (Å²) in [6.45, 7) is 6.83. The first-order chi connectivity index (χ1) is 18.2. The number of ether oxygens (including phenoxy) is 2. The minimum Gasteiger partial charge on any atom is -0.474 e. The molecular formula is C30H40FN3O4. The molecule has 1 atom stereocenters. The molecule has 38 heavy (non-hydrogen) atoms. The molecule has 2 aromatic rings. The smallest absolute Gasteiger partial charge is 0.410 e. The second-order valence-electron chi connectivity index (χ2n) is 11.5. The van der Waals surface area contributed by atoms with Gasteiger partial charge >= 0.3 is 6.09 Å². The van der Waals surface area contributed by atoms with Crippen LogP contribution in [0.25, 0.3) is 0 Å². The second kappa shape index (κ2) is 12.6. The van der Waals surface area contributed by atoms with Crippen molar-refractivity contribution in [3.05, 3.63) is 59.5 Å². The molecule has 1 saturated carbocycles. The Morgan fingerprint density at radius 2 is 1.71 bits per heavy atom. The Balaban J connectivity index is 1.42. The average Bonchev–Trinajstić information content (AvgIpc) is 2.89. The van der Waals surface area contributed by atoms with E-state index >= 15 is 0 Å². The van der Waals surface area contributed by atoms with Crippen molar-refractivity contribution in [3.63, 3.8) is 0 Å². The molecule has 1 aliphatic carbocycles. The molecule has 2 aliphatic rings. The van der Waals surface area contributed by atoms with Gasteiger partial charge in [-0.1, -0.05) is 12.5 Å². The zero-order chi connectivity index (χ0) is 27.1. The SMILES string of the molecule is CC(C)(C)OC(=O)N1CCC(CC(NC(=O)c2ccc(F)cc2)c2ccc(OC3CCCCC3)nc2)CC1. The molecule has 1 aliphatic heterocycles. The fourth-order valence-electron chi connectivity index (χ4n) is 5.15.